The van der Waals surface area contributed by atoms with Crippen LogP contribution in [-0.4, -0.2) is 30.1 Å². The molecular weight excluding hydrogens is 304 g/mol. The molecule has 5 heteroatoms. The van der Waals surface area contributed by atoms with Gasteiger partial charge in [-0.15, -0.1) is 0 Å². The van der Waals surface area contributed by atoms with Crippen LogP contribution in [0.25, 0.3) is 0 Å². The lowest BCUT2D eigenvalue weighted by Gasteiger charge is -2.08. The number of anilines is 1. The van der Waals surface area contributed by atoms with Crippen LogP contribution in [0, 0.1) is 0 Å². The zero-order valence-corrected chi connectivity index (χ0v) is 13.7. The van der Waals surface area contributed by atoms with Crippen LogP contribution in [0.3, 0.4) is 0 Å². The van der Waals surface area contributed by atoms with Crippen LogP contribution in [0.2, 0.25) is 0 Å². The topological polar surface area (TPSA) is 78.4 Å². The summed E-state index contributed by atoms with van der Waals surface area (Å²) < 4.78 is 0. The SMILES string of the molecule is CCc1ccc(C(=O)Nc2ccc(C(=O)NCCCO)cc2)cc1. The third kappa shape index (κ3) is 4.93. The molecule has 0 aliphatic rings. The first-order valence-corrected chi connectivity index (χ1v) is 8.03. The number of nitrogens with one attached hydrogen (secondary N) is 2. The summed E-state index contributed by atoms with van der Waals surface area (Å²) in [5.74, 6) is -0.380. The van der Waals surface area contributed by atoms with Crippen molar-refractivity contribution in [2.75, 3.05) is 18.5 Å². The van der Waals surface area contributed by atoms with Crippen molar-refractivity contribution in [3.8, 4) is 0 Å². The molecule has 0 atom stereocenters. The molecule has 0 bridgehead atoms. The summed E-state index contributed by atoms with van der Waals surface area (Å²) in [5.41, 5.74) is 2.92. The van der Waals surface area contributed by atoms with E-state index in [0.29, 0.717) is 29.8 Å². The van der Waals surface area contributed by atoms with Crippen molar-refractivity contribution in [3.05, 3.63) is 65.2 Å². The minimum Gasteiger partial charge on any atom is -0.396 e. The standard InChI is InChI=1S/C19H22N2O3/c1-2-14-4-6-16(7-5-14)19(24)21-17-10-8-15(9-11-17)18(23)20-12-3-13-22/h4-11,22H,2-3,12-13H2,1H3,(H,20,23)(H,21,24). The second-order valence-electron chi connectivity index (χ2n) is 5.42. The van der Waals surface area contributed by atoms with E-state index in [-0.39, 0.29) is 18.4 Å². The Morgan fingerprint density at radius 3 is 2.08 bits per heavy atom. The number of rotatable bonds is 7. The molecule has 0 aliphatic heterocycles. The molecule has 5 nitrogen and oxygen atoms in total. The number of amides is 2. The Kier molecular flexibility index (Phi) is 6.51. The lowest BCUT2D eigenvalue weighted by atomic mass is 10.1. The zero-order chi connectivity index (χ0) is 17.4. The van der Waals surface area contributed by atoms with E-state index >= 15 is 0 Å². The number of aryl methyl sites for hydroxylation is 1. The van der Waals surface area contributed by atoms with Gasteiger partial charge in [-0.05, 0) is 54.8 Å². The second kappa shape index (κ2) is 8.84. The molecular formula is C19H22N2O3. The van der Waals surface area contributed by atoms with Crippen molar-refractivity contribution in [3.63, 3.8) is 0 Å². The quantitative estimate of drug-likeness (QED) is 0.684. The van der Waals surface area contributed by atoms with Crippen LogP contribution >= 0.6 is 0 Å². The first kappa shape index (κ1) is 17.7. The summed E-state index contributed by atoms with van der Waals surface area (Å²) in [6, 6.07) is 14.2. The lowest BCUT2D eigenvalue weighted by Crippen LogP contribution is -2.25. The molecule has 2 aromatic rings. The van der Waals surface area contributed by atoms with Crippen LogP contribution in [0.4, 0.5) is 5.69 Å². The van der Waals surface area contributed by atoms with E-state index in [0.717, 1.165) is 6.42 Å². The van der Waals surface area contributed by atoms with E-state index in [2.05, 4.69) is 17.6 Å². The molecule has 3 N–H and O–H groups in total. The monoisotopic (exact) mass is 326 g/mol. The molecule has 0 saturated carbocycles. The fourth-order valence-electron chi connectivity index (χ4n) is 2.18. The number of carbonyl (C=O) groups is 2. The van der Waals surface area contributed by atoms with Crippen molar-refractivity contribution < 1.29 is 14.7 Å². The Morgan fingerprint density at radius 2 is 1.50 bits per heavy atom. The van der Waals surface area contributed by atoms with Crippen LogP contribution < -0.4 is 10.6 Å². The molecule has 0 fully saturated rings. The Balaban J connectivity index is 1.95. The molecule has 0 saturated heterocycles. The van der Waals surface area contributed by atoms with E-state index in [1.165, 1.54) is 5.56 Å². The molecule has 0 spiro atoms. The number of hydrogen-bond donors (Lipinski definition) is 3. The molecule has 0 aromatic heterocycles. The first-order valence-electron chi connectivity index (χ1n) is 8.03. The van der Waals surface area contributed by atoms with Gasteiger partial charge in [-0.2, -0.15) is 0 Å². The molecule has 126 valence electrons. The summed E-state index contributed by atoms with van der Waals surface area (Å²) >= 11 is 0. The van der Waals surface area contributed by atoms with Crippen molar-refractivity contribution in [2.45, 2.75) is 19.8 Å². The van der Waals surface area contributed by atoms with Crippen LogP contribution in [0.15, 0.2) is 48.5 Å². The molecule has 2 aromatic carbocycles. The van der Waals surface area contributed by atoms with E-state index in [9.17, 15) is 9.59 Å². The van der Waals surface area contributed by atoms with Gasteiger partial charge in [0.25, 0.3) is 11.8 Å². The molecule has 0 aliphatic carbocycles. The fraction of sp³-hybridized carbons (Fsp3) is 0.263. The van der Waals surface area contributed by atoms with Crippen LogP contribution in [0.1, 0.15) is 39.6 Å². The molecule has 24 heavy (non-hydrogen) atoms. The fourth-order valence-corrected chi connectivity index (χ4v) is 2.18. The Labute approximate surface area is 141 Å². The van der Waals surface area contributed by atoms with E-state index < -0.39 is 0 Å². The van der Waals surface area contributed by atoms with Gasteiger partial charge in [0, 0.05) is 30.0 Å². The van der Waals surface area contributed by atoms with Gasteiger partial charge in [-0.1, -0.05) is 19.1 Å². The Hall–Kier alpha value is -2.66. The molecule has 2 rings (SSSR count). The molecule has 0 unspecified atom stereocenters. The van der Waals surface area contributed by atoms with Crippen molar-refractivity contribution in [1.82, 2.24) is 5.32 Å². The van der Waals surface area contributed by atoms with Gasteiger partial charge in [0.2, 0.25) is 0 Å². The predicted molar refractivity (Wildman–Crippen MR) is 94.3 cm³/mol. The average Bonchev–Trinajstić information content (AvgIpc) is 2.62. The van der Waals surface area contributed by atoms with Gasteiger partial charge >= 0.3 is 0 Å². The third-order valence-electron chi connectivity index (χ3n) is 3.65. The lowest BCUT2D eigenvalue weighted by molar-refractivity contribution is 0.0950. The maximum atomic E-state index is 12.2. The van der Waals surface area contributed by atoms with E-state index in [4.69, 9.17) is 5.11 Å². The summed E-state index contributed by atoms with van der Waals surface area (Å²) in [6.45, 7) is 2.54. The molecule has 2 amide bonds. The highest BCUT2D eigenvalue weighted by Crippen LogP contribution is 2.12. The Morgan fingerprint density at radius 1 is 0.917 bits per heavy atom. The summed E-state index contributed by atoms with van der Waals surface area (Å²) in [4.78, 5) is 24.0. The Bertz CT molecular complexity index is 679. The van der Waals surface area contributed by atoms with Gasteiger partial charge in [0.1, 0.15) is 0 Å². The summed E-state index contributed by atoms with van der Waals surface area (Å²) in [7, 11) is 0. The smallest absolute Gasteiger partial charge is 0.255 e. The molecule has 0 radical (unpaired) electrons. The normalized spacial score (nSPS) is 10.2. The summed E-state index contributed by atoms with van der Waals surface area (Å²) in [6.07, 6.45) is 1.46. The van der Waals surface area contributed by atoms with Crippen molar-refractivity contribution >= 4 is 17.5 Å². The average molecular weight is 326 g/mol. The van der Waals surface area contributed by atoms with Gasteiger partial charge in [-0.3, -0.25) is 9.59 Å². The molecule has 0 heterocycles. The number of carbonyl (C=O) groups excluding carboxylic acids is 2. The number of aliphatic hydroxyl groups excluding tert-OH is 1. The highest BCUT2D eigenvalue weighted by Gasteiger charge is 2.08. The van der Waals surface area contributed by atoms with Crippen LogP contribution in [-0.2, 0) is 6.42 Å². The largest absolute Gasteiger partial charge is 0.396 e. The predicted octanol–water partition coefficient (Wildman–Crippen LogP) is 2.61. The van der Waals surface area contributed by atoms with Crippen molar-refractivity contribution in [1.29, 1.82) is 0 Å². The maximum absolute atomic E-state index is 12.2. The van der Waals surface area contributed by atoms with E-state index in [1.54, 1.807) is 36.4 Å². The maximum Gasteiger partial charge on any atom is 0.255 e. The van der Waals surface area contributed by atoms with Gasteiger partial charge in [0.05, 0.1) is 0 Å². The summed E-state index contributed by atoms with van der Waals surface area (Å²) in [5, 5.41) is 14.2. The minimum absolute atomic E-state index is 0.0461. The number of hydrogen-bond acceptors (Lipinski definition) is 3. The van der Waals surface area contributed by atoms with Gasteiger partial charge in [-0.25, -0.2) is 0 Å². The number of benzene rings is 2. The van der Waals surface area contributed by atoms with Gasteiger partial charge in [0.15, 0.2) is 0 Å². The van der Waals surface area contributed by atoms with Crippen molar-refractivity contribution in [2.24, 2.45) is 0 Å². The third-order valence-corrected chi connectivity index (χ3v) is 3.65. The van der Waals surface area contributed by atoms with Crippen LogP contribution in [0.5, 0.6) is 0 Å². The minimum atomic E-state index is -0.198. The zero-order valence-electron chi connectivity index (χ0n) is 13.7. The van der Waals surface area contributed by atoms with Gasteiger partial charge < -0.3 is 15.7 Å². The first-order chi connectivity index (χ1) is 11.6. The number of aliphatic hydroxyl groups is 1. The van der Waals surface area contributed by atoms with E-state index in [1.807, 2.05) is 12.1 Å². The highest BCUT2D eigenvalue weighted by atomic mass is 16.3. The highest BCUT2D eigenvalue weighted by molar-refractivity contribution is 6.04. The second-order valence-corrected chi connectivity index (χ2v) is 5.42.